The van der Waals surface area contributed by atoms with Crippen LogP contribution in [0.15, 0.2) is 82.5 Å². The third-order valence-corrected chi connectivity index (χ3v) is 9.26. The van der Waals surface area contributed by atoms with Crippen molar-refractivity contribution in [1.29, 1.82) is 0 Å². The van der Waals surface area contributed by atoms with Gasteiger partial charge in [-0.15, -0.1) is 0 Å². The van der Waals surface area contributed by atoms with Gasteiger partial charge in [0.1, 0.15) is 5.82 Å². The maximum atomic E-state index is 13.4. The number of halogens is 1. The lowest BCUT2D eigenvalue weighted by molar-refractivity contribution is -0.141. The number of rotatable bonds is 6. The molecule has 0 bridgehead atoms. The van der Waals surface area contributed by atoms with Crippen LogP contribution >= 0.6 is 11.6 Å². The molecule has 4 aromatic rings. The third-order valence-electron chi connectivity index (χ3n) is 8.12. The average molecular weight is 605 g/mol. The number of carbonyl (C=O) groups is 1. The second-order valence-corrected chi connectivity index (χ2v) is 12.9. The zero-order valence-corrected chi connectivity index (χ0v) is 24.2. The number of primary sulfonamides is 1. The first-order valence-electron chi connectivity index (χ1n) is 13.6. The van der Waals surface area contributed by atoms with E-state index in [0.29, 0.717) is 52.6 Å². The van der Waals surface area contributed by atoms with E-state index >= 15 is 0 Å². The van der Waals surface area contributed by atoms with Crippen molar-refractivity contribution in [2.75, 3.05) is 6.54 Å². The molecule has 0 saturated heterocycles. The molecule has 9 nitrogen and oxygen atoms in total. The number of amides is 1. The van der Waals surface area contributed by atoms with E-state index in [1.54, 1.807) is 36.4 Å². The Morgan fingerprint density at radius 2 is 1.76 bits per heavy atom. The Bertz CT molecular complexity index is 1870. The number of aromatic amines is 1. The molecule has 1 aromatic heterocycles. The number of nitrogens with two attached hydrogens (primary N) is 1. The zero-order chi connectivity index (χ0) is 29.6. The Balaban J connectivity index is 1.29. The molecule has 6 rings (SSSR count). The number of aliphatic hydroxyl groups excluding tert-OH is 1. The van der Waals surface area contributed by atoms with Gasteiger partial charge in [-0.05, 0) is 72.2 Å². The summed E-state index contributed by atoms with van der Waals surface area (Å²) in [5.74, 6) is 0.0935. The van der Waals surface area contributed by atoms with Gasteiger partial charge in [-0.1, -0.05) is 60.1 Å². The van der Waals surface area contributed by atoms with E-state index in [4.69, 9.17) is 21.7 Å². The molecule has 0 radical (unpaired) electrons. The van der Waals surface area contributed by atoms with Crippen LogP contribution in [-0.4, -0.2) is 40.8 Å². The number of aliphatic hydroxyl groups is 1. The predicted molar refractivity (Wildman–Crippen MR) is 158 cm³/mol. The first kappa shape index (κ1) is 28.3. The molecule has 1 atom stereocenters. The molecular formula is C31H29ClN4O5S. The molecule has 1 amide bonds. The van der Waals surface area contributed by atoms with Gasteiger partial charge in [0.2, 0.25) is 10.0 Å². The molecule has 2 heterocycles. The highest BCUT2D eigenvalue weighted by Gasteiger charge is 2.49. The zero-order valence-electron chi connectivity index (χ0n) is 22.6. The number of aromatic nitrogens is 2. The van der Waals surface area contributed by atoms with Crippen LogP contribution in [0.25, 0.3) is 11.1 Å². The number of hydrogen-bond acceptors (Lipinski definition) is 6. The standard InChI is InChI=1S/C31H29ClN4O5S/c32-23-9-2-7-21(16-23)27(37)29(39)36-14-4-11-26-25(18-36)28(38)35-30(34-26)31(12-13-31)22-8-1-5-19(15-22)20-6-3-10-24(17-20)42(33,40)41/h1-3,5-10,15-17,27,37H,4,11-14,18H2,(H2,33,40,41)(H,34,35,38). The maximum Gasteiger partial charge on any atom is 0.256 e. The molecule has 0 spiro atoms. The number of carbonyl (C=O) groups excluding carboxylic acids is 1. The molecule has 216 valence electrons. The first-order valence-corrected chi connectivity index (χ1v) is 15.6. The van der Waals surface area contributed by atoms with Gasteiger partial charge < -0.3 is 15.0 Å². The Labute approximate surface area is 248 Å². The SMILES string of the molecule is NS(=O)(=O)c1cccc(-c2cccc(C3(c4nc5c(c(=O)[nH]4)CN(C(=O)C(O)c4cccc(Cl)c4)CCC5)CC3)c2)c1. The number of nitrogens with zero attached hydrogens (tertiary/aromatic N) is 2. The van der Waals surface area contributed by atoms with Gasteiger partial charge in [-0.2, -0.15) is 0 Å². The minimum atomic E-state index is -3.84. The summed E-state index contributed by atoms with van der Waals surface area (Å²) in [7, 11) is -3.84. The smallest absolute Gasteiger partial charge is 0.256 e. The summed E-state index contributed by atoms with van der Waals surface area (Å²) in [5.41, 5.74) is 3.23. The summed E-state index contributed by atoms with van der Waals surface area (Å²) in [4.78, 5) is 36.1. The van der Waals surface area contributed by atoms with E-state index in [9.17, 15) is 23.1 Å². The molecule has 3 aromatic carbocycles. The number of nitrogens with one attached hydrogen (secondary N) is 1. The third kappa shape index (κ3) is 5.38. The molecule has 1 unspecified atom stereocenters. The van der Waals surface area contributed by atoms with Crippen molar-refractivity contribution >= 4 is 27.5 Å². The van der Waals surface area contributed by atoms with Gasteiger partial charge in [0.05, 0.1) is 28.1 Å². The van der Waals surface area contributed by atoms with Crippen molar-refractivity contribution in [3.8, 4) is 11.1 Å². The summed E-state index contributed by atoms with van der Waals surface area (Å²) < 4.78 is 23.8. The topological polar surface area (TPSA) is 146 Å². The number of H-pyrrole nitrogens is 1. The lowest BCUT2D eigenvalue weighted by Crippen LogP contribution is -2.36. The molecule has 42 heavy (non-hydrogen) atoms. The van der Waals surface area contributed by atoms with E-state index in [1.165, 1.54) is 11.0 Å². The highest BCUT2D eigenvalue weighted by molar-refractivity contribution is 7.89. The van der Waals surface area contributed by atoms with Crippen LogP contribution in [0.5, 0.6) is 0 Å². The van der Waals surface area contributed by atoms with Gasteiger partial charge in [0.15, 0.2) is 6.10 Å². The quantitative estimate of drug-likeness (QED) is 0.305. The van der Waals surface area contributed by atoms with Crippen molar-refractivity contribution in [1.82, 2.24) is 14.9 Å². The van der Waals surface area contributed by atoms with Crippen LogP contribution in [0, 0.1) is 0 Å². The Hall–Kier alpha value is -3.83. The summed E-state index contributed by atoms with van der Waals surface area (Å²) in [6.07, 6.45) is 1.33. The number of aryl methyl sites for hydroxylation is 1. The van der Waals surface area contributed by atoms with Crippen molar-refractivity contribution < 1.29 is 18.3 Å². The Morgan fingerprint density at radius 1 is 1.05 bits per heavy atom. The predicted octanol–water partition coefficient (Wildman–Crippen LogP) is 3.83. The number of sulfonamides is 1. The number of fused-ring (bicyclic) bond motifs is 1. The number of hydrogen-bond donors (Lipinski definition) is 3. The van der Waals surface area contributed by atoms with Gasteiger partial charge >= 0.3 is 0 Å². The minimum absolute atomic E-state index is 0.0379. The molecule has 11 heteroatoms. The fraction of sp³-hybridized carbons (Fsp3) is 0.258. The van der Waals surface area contributed by atoms with Crippen LogP contribution in [-0.2, 0) is 33.2 Å². The van der Waals surface area contributed by atoms with Gasteiger partial charge in [-0.3, -0.25) is 9.59 Å². The van der Waals surface area contributed by atoms with Gasteiger partial charge in [-0.25, -0.2) is 18.5 Å². The Morgan fingerprint density at radius 3 is 2.48 bits per heavy atom. The molecule has 1 aliphatic carbocycles. The van der Waals surface area contributed by atoms with E-state index in [0.717, 1.165) is 24.0 Å². The van der Waals surface area contributed by atoms with Crippen LogP contribution in [0.1, 0.15) is 53.6 Å². The van der Waals surface area contributed by atoms with E-state index in [-0.39, 0.29) is 17.0 Å². The molecule has 1 aliphatic heterocycles. The minimum Gasteiger partial charge on any atom is -0.378 e. The van der Waals surface area contributed by atoms with Gasteiger partial charge in [0.25, 0.3) is 11.5 Å². The Kier molecular flexibility index (Phi) is 7.26. The summed E-state index contributed by atoms with van der Waals surface area (Å²) in [6.45, 7) is 0.434. The number of benzene rings is 3. The second-order valence-electron chi connectivity index (χ2n) is 10.9. The van der Waals surface area contributed by atoms with Crippen LogP contribution < -0.4 is 10.7 Å². The van der Waals surface area contributed by atoms with Crippen LogP contribution in [0.4, 0.5) is 0 Å². The lowest BCUT2D eigenvalue weighted by atomic mass is 9.91. The van der Waals surface area contributed by atoms with Crippen molar-refractivity contribution in [3.63, 3.8) is 0 Å². The molecule has 1 saturated carbocycles. The largest absolute Gasteiger partial charge is 0.378 e. The van der Waals surface area contributed by atoms with E-state index in [2.05, 4.69) is 4.98 Å². The normalized spacial score (nSPS) is 16.8. The summed E-state index contributed by atoms with van der Waals surface area (Å²) in [6, 6.07) is 20.8. The van der Waals surface area contributed by atoms with Crippen LogP contribution in [0.3, 0.4) is 0 Å². The second kappa shape index (κ2) is 10.8. The summed E-state index contributed by atoms with van der Waals surface area (Å²) in [5, 5.41) is 16.5. The van der Waals surface area contributed by atoms with Crippen LogP contribution in [0.2, 0.25) is 5.02 Å². The maximum absolute atomic E-state index is 13.4. The van der Waals surface area contributed by atoms with Gasteiger partial charge in [0, 0.05) is 11.6 Å². The lowest BCUT2D eigenvalue weighted by Gasteiger charge is -2.24. The fourth-order valence-corrected chi connectivity index (χ4v) is 6.42. The van der Waals surface area contributed by atoms with Crippen molar-refractivity contribution in [2.45, 2.75) is 48.6 Å². The monoisotopic (exact) mass is 604 g/mol. The molecular weight excluding hydrogens is 576 g/mol. The van der Waals surface area contributed by atoms with Crippen molar-refractivity contribution in [2.24, 2.45) is 5.14 Å². The average Bonchev–Trinajstić information content (AvgIpc) is 3.81. The highest BCUT2D eigenvalue weighted by Crippen LogP contribution is 2.52. The first-order chi connectivity index (χ1) is 20.0. The molecule has 1 fully saturated rings. The van der Waals surface area contributed by atoms with Crippen molar-refractivity contribution in [3.05, 3.63) is 116 Å². The molecule has 4 N–H and O–H groups in total. The fourth-order valence-electron chi connectivity index (χ4n) is 5.66. The van der Waals surface area contributed by atoms with E-state index < -0.39 is 27.4 Å². The highest BCUT2D eigenvalue weighted by atomic mass is 35.5. The summed E-state index contributed by atoms with van der Waals surface area (Å²) >= 11 is 6.04. The molecule has 2 aliphatic rings. The van der Waals surface area contributed by atoms with E-state index in [1.807, 2.05) is 30.3 Å².